The average molecular weight is 459 g/mol. The number of aliphatic hydroxyl groups is 1. The van der Waals surface area contributed by atoms with Gasteiger partial charge in [0.25, 0.3) is 6.01 Å². The molecule has 1 unspecified atom stereocenters. The van der Waals surface area contributed by atoms with Gasteiger partial charge >= 0.3 is 0 Å². The van der Waals surface area contributed by atoms with Crippen molar-refractivity contribution in [2.45, 2.75) is 24.4 Å². The highest BCUT2D eigenvalue weighted by Crippen LogP contribution is 2.32. The van der Waals surface area contributed by atoms with Crippen molar-refractivity contribution in [3.63, 3.8) is 0 Å². The number of aliphatic hydroxyl groups excluding tert-OH is 1. The van der Waals surface area contributed by atoms with E-state index in [0.29, 0.717) is 34.5 Å². The van der Waals surface area contributed by atoms with Gasteiger partial charge in [-0.25, -0.2) is 4.98 Å². The van der Waals surface area contributed by atoms with E-state index in [0.717, 1.165) is 37.6 Å². The summed E-state index contributed by atoms with van der Waals surface area (Å²) in [5, 5.41) is 10.4. The van der Waals surface area contributed by atoms with Crippen LogP contribution in [0.4, 0.5) is 5.69 Å². The summed E-state index contributed by atoms with van der Waals surface area (Å²) in [5.41, 5.74) is 3.93. The normalized spacial score (nSPS) is 27.8. The molecule has 3 aliphatic rings. The van der Waals surface area contributed by atoms with E-state index in [1.165, 1.54) is 0 Å². The molecular weight excluding hydrogens is 436 g/mol. The maximum Gasteiger partial charge on any atom is 0.296 e. The van der Waals surface area contributed by atoms with E-state index in [-0.39, 0.29) is 24.9 Å². The highest BCUT2D eigenvalue weighted by molar-refractivity contribution is 6.33. The summed E-state index contributed by atoms with van der Waals surface area (Å²) in [4.78, 5) is 14.6. The Morgan fingerprint density at radius 1 is 1.06 bits per heavy atom. The fraction of sp³-hybridized carbons (Fsp3) is 0.455. The van der Waals surface area contributed by atoms with Gasteiger partial charge in [0.05, 0.1) is 42.7 Å². The molecule has 6 rings (SSSR count). The average Bonchev–Trinajstić information content (AvgIpc) is 3.51. The molecule has 2 N–H and O–H groups in total. The van der Waals surface area contributed by atoms with Crippen molar-refractivity contribution in [2.24, 2.45) is 0 Å². The van der Waals surface area contributed by atoms with Crippen LogP contribution < -0.4 is 9.64 Å². The Bertz CT molecular complexity index is 1120. The lowest BCUT2D eigenvalue weighted by Crippen LogP contribution is -2.36. The predicted molar refractivity (Wildman–Crippen MR) is 117 cm³/mol. The lowest BCUT2D eigenvalue weighted by atomic mass is 10.1. The summed E-state index contributed by atoms with van der Waals surface area (Å²) in [6, 6.07) is 10.3. The third kappa shape index (κ3) is 3.60. The van der Waals surface area contributed by atoms with E-state index >= 15 is 0 Å². The van der Waals surface area contributed by atoms with Crippen molar-refractivity contribution in [3.05, 3.63) is 35.4 Å². The molecule has 0 aliphatic carbocycles. The van der Waals surface area contributed by atoms with Gasteiger partial charge in [0.2, 0.25) is 0 Å². The molecule has 3 aliphatic heterocycles. The Morgan fingerprint density at radius 3 is 2.66 bits per heavy atom. The summed E-state index contributed by atoms with van der Waals surface area (Å²) in [7, 11) is 0. The van der Waals surface area contributed by atoms with Crippen molar-refractivity contribution in [3.8, 4) is 17.3 Å². The van der Waals surface area contributed by atoms with Crippen LogP contribution >= 0.6 is 11.6 Å². The second-order valence-electron chi connectivity index (χ2n) is 8.20. The number of benzene rings is 1. The monoisotopic (exact) mass is 458 g/mol. The van der Waals surface area contributed by atoms with Crippen LogP contribution in [0.3, 0.4) is 0 Å². The van der Waals surface area contributed by atoms with Crippen LogP contribution in [0.25, 0.3) is 22.4 Å². The van der Waals surface area contributed by atoms with Crippen molar-refractivity contribution in [1.29, 1.82) is 0 Å². The second kappa shape index (κ2) is 8.17. The van der Waals surface area contributed by atoms with Crippen LogP contribution in [-0.2, 0) is 14.2 Å². The minimum atomic E-state index is -0.623. The lowest BCUT2D eigenvalue weighted by molar-refractivity contribution is 0.00706. The number of rotatable bonds is 4. The minimum Gasteiger partial charge on any atom is -0.456 e. The van der Waals surface area contributed by atoms with Gasteiger partial charge in [-0.15, -0.1) is 0 Å². The molecule has 0 amide bonds. The molecule has 0 radical (unpaired) electrons. The molecule has 2 aromatic heterocycles. The summed E-state index contributed by atoms with van der Waals surface area (Å²) in [6.45, 7) is 3.85. The molecule has 0 bridgehead atoms. The SMILES string of the molecule is O[C@@H]1COC2[C@H](Oc3nc4nc(-c5ccc(N6CCOCC6)cc5)c(Cl)cc4[nH]3)CO[C@@H]21. The molecule has 0 saturated carbocycles. The van der Waals surface area contributed by atoms with Gasteiger partial charge in [-0.05, 0) is 18.2 Å². The second-order valence-corrected chi connectivity index (χ2v) is 8.60. The molecule has 10 heteroatoms. The van der Waals surface area contributed by atoms with Crippen LogP contribution in [0, 0.1) is 0 Å². The highest BCUT2D eigenvalue weighted by Gasteiger charge is 2.48. The zero-order valence-electron chi connectivity index (χ0n) is 17.2. The molecule has 3 aromatic rings. The number of nitrogens with zero attached hydrogens (tertiary/aromatic N) is 3. The fourth-order valence-corrected chi connectivity index (χ4v) is 4.75. The Labute approximate surface area is 189 Å². The van der Waals surface area contributed by atoms with E-state index in [9.17, 15) is 5.11 Å². The number of hydrogen-bond donors (Lipinski definition) is 2. The van der Waals surface area contributed by atoms with Crippen LogP contribution in [-0.4, -0.2) is 84.0 Å². The van der Waals surface area contributed by atoms with Crippen molar-refractivity contribution >= 4 is 28.5 Å². The number of morpholine rings is 1. The topological polar surface area (TPSA) is 102 Å². The minimum absolute atomic E-state index is 0.250. The van der Waals surface area contributed by atoms with Crippen LogP contribution in [0.5, 0.6) is 6.01 Å². The van der Waals surface area contributed by atoms with Gasteiger partial charge in [0.1, 0.15) is 18.3 Å². The molecular formula is C22H23ClN4O5. The number of ether oxygens (including phenoxy) is 4. The molecule has 168 valence electrons. The van der Waals surface area contributed by atoms with E-state index in [4.69, 9.17) is 30.5 Å². The quantitative estimate of drug-likeness (QED) is 0.612. The van der Waals surface area contributed by atoms with Crippen molar-refractivity contribution in [2.75, 3.05) is 44.4 Å². The molecule has 0 spiro atoms. The third-order valence-corrected chi connectivity index (χ3v) is 6.45. The Hall–Kier alpha value is -2.43. The Balaban J connectivity index is 1.23. The first kappa shape index (κ1) is 20.2. The lowest BCUT2D eigenvalue weighted by Gasteiger charge is -2.28. The molecule has 3 fully saturated rings. The largest absolute Gasteiger partial charge is 0.456 e. The highest BCUT2D eigenvalue weighted by atomic mass is 35.5. The molecule has 5 heterocycles. The molecule has 32 heavy (non-hydrogen) atoms. The zero-order valence-corrected chi connectivity index (χ0v) is 18.0. The predicted octanol–water partition coefficient (Wildman–Crippen LogP) is 2.02. The smallest absolute Gasteiger partial charge is 0.296 e. The van der Waals surface area contributed by atoms with Gasteiger partial charge in [-0.3, -0.25) is 0 Å². The first-order valence-electron chi connectivity index (χ1n) is 10.7. The third-order valence-electron chi connectivity index (χ3n) is 6.17. The standard InChI is InChI=1S/C22H23ClN4O5/c23-14-9-15-21(26-22(24-15)32-17-11-31-19-16(28)10-30-20(17)19)25-18(14)12-1-3-13(4-2-12)27-5-7-29-8-6-27/h1-4,9,16-17,19-20,28H,5-8,10-11H2,(H,24,25,26)/t16-,17-,19-,20?/m1/s1. The van der Waals surface area contributed by atoms with Gasteiger partial charge in [-0.2, -0.15) is 4.98 Å². The maximum atomic E-state index is 9.90. The Morgan fingerprint density at radius 2 is 1.84 bits per heavy atom. The number of pyridine rings is 1. The molecule has 9 nitrogen and oxygen atoms in total. The number of imidazole rings is 1. The van der Waals surface area contributed by atoms with Crippen LogP contribution in [0.2, 0.25) is 5.02 Å². The maximum absolute atomic E-state index is 9.90. The summed E-state index contributed by atoms with van der Waals surface area (Å²) < 4.78 is 22.6. The zero-order chi connectivity index (χ0) is 21.7. The summed E-state index contributed by atoms with van der Waals surface area (Å²) in [6.07, 6.45) is -1.64. The number of aromatic amines is 1. The number of fused-ring (bicyclic) bond motifs is 2. The number of H-pyrrole nitrogens is 1. The van der Waals surface area contributed by atoms with Crippen LogP contribution in [0.1, 0.15) is 0 Å². The van der Waals surface area contributed by atoms with Gasteiger partial charge in [-0.1, -0.05) is 23.7 Å². The number of hydrogen-bond acceptors (Lipinski definition) is 8. The van der Waals surface area contributed by atoms with Crippen molar-refractivity contribution < 1.29 is 24.1 Å². The molecule has 4 atom stereocenters. The number of halogens is 1. The Kier molecular flexibility index (Phi) is 5.15. The number of aromatic nitrogens is 3. The number of nitrogens with one attached hydrogen (secondary N) is 1. The van der Waals surface area contributed by atoms with Gasteiger partial charge < -0.3 is 33.9 Å². The summed E-state index contributed by atoms with van der Waals surface area (Å²) in [5.74, 6) is 0. The first-order chi connectivity index (χ1) is 15.7. The molecule has 3 saturated heterocycles. The van der Waals surface area contributed by atoms with E-state index < -0.39 is 6.10 Å². The van der Waals surface area contributed by atoms with Crippen LogP contribution in [0.15, 0.2) is 30.3 Å². The molecule has 1 aromatic carbocycles. The first-order valence-corrected chi connectivity index (χ1v) is 11.1. The van der Waals surface area contributed by atoms with E-state index in [2.05, 4.69) is 32.0 Å². The van der Waals surface area contributed by atoms with E-state index in [1.54, 1.807) is 6.07 Å². The van der Waals surface area contributed by atoms with Crippen molar-refractivity contribution in [1.82, 2.24) is 15.0 Å². The summed E-state index contributed by atoms with van der Waals surface area (Å²) >= 11 is 6.55. The van der Waals surface area contributed by atoms with Gasteiger partial charge in [0.15, 0.2) is 11.8 Å². The number of anilines is 1. The fourth-order valence-electron chi connectivity index (χ4n) is 4.49. The van der Waals surface area contributed by atoms with E-state index in [1.807, 2.05) is 12.1 Å². The van der Waals surface area contributed by atoms with Gasteiger partial charge in [0, 0.05) is 24.3 Å².